The number of hydrogen-bond acceptors (Lipinski definition) is 0. The van der Waals surface area contributed by atoms with Gasteiger partial charge in [-0.05, 0) is 0 Å². The molecule has 0 aromatic heterocycles. The summed E-state index contributed by atoms with van der Waals surface area (Å²) in [5, 5.41) is 0. The summed E-state index contributed by atoms with van der Waals surface area (Å²) in [6.45, 7) is 2.31. The Kier molecular flexibility index (Phi) is 6.21. The Morgan fingerprint density at radius 3 is 1.96 bits per heavy atom. The van der Waals surface area contributed by atoms with Crippen molar-refractivity contribution in [3.05, 3.63) is 81.8 Å². The second kappa shape index (κ2) is 7.39. The molecule has 25 heavy (non-hydrogen) atoms. The van der Waals surface area contributed by atoms with Crippen LogP contribution in [0.15, 0.2) is 70.6 Å². The Hall–Kier alpha value is -0.279. The van der Waals surface area contributed by atoms with Gasteiger partial charge in [0.05, 0.1) is 0 Å². The molecule has 2 aromatic carbocycles. The number of benzene rings is 2. The van der Waals surface area contributed by atoms with Gasteiger partial charge in [-0.1, -0.05) is 0 Å². The predicted molar refractivity (Wildman–Crippen MR) is 115 cm³/mol. The topological polar surface area (TPSA) is 0 Å². The number of hydrogen-bond donors (Lipinski definition) is 0. The zero-order valence-corrected chi connectivity index (χ0v) is 19.6. The van der Waals surface area contributed by atoms with Crippen molar-refractivity contribution in [1.29, 1.82) is 0 Å². The average molecular weight is 446 g/mol. The Morgan fingerprint density at radius 1 is 1.00 bits per heavy atom. The van der Waals surface area contributed by atoms with E-state index in [-0.39, 0.29) is 24.8 Å². The first-order chi connectivity index (χ1) is 11.1. The van der Waals surface area contributed by atoms with Crippen LogP contribution < -0.4 is 0 Å². The number of rotatable bonds is 3. The van der Waals surface area contributed by atoms with E-state index in [0.717, 1.165) is 11.1 Å². The maximum atomic E-state index is 7.74. The van der Waals surface area contributed by atoms with Gasteiger partial charge in [0.15, 0.2) is 0 Å². The van der Waals surface area contributed by atoms with E-state index in [4.69, 9.17) is 9.30 Å². The quantitative estimate of drug-likeness (QED) is 0.488. The van der Waals surface area contributed by atoms with Crippen LogP contribution in [0.4, 0.5) is 0 Å². The summed E-state index contributed by atoms with van der Waals surface area (Å²) in [6.07, 6.45) is 7.80. The molecule has 0 atom stereocenters. The summed E-state index contributed by atoms with van der Waals surface area (Å²) in [7, 11) is 9.91. The van der Waals surface area contributed by atoms with Gasteiger partial charge in [-0.25, -0.2) is 0 Å². The van der Waals surface area contributed by atoms with Crippen LogP contribution in [0.1, 0.15) is 28.7 Å². The molecule has 0 spiro atoms. The van der Waals surface area contributed by atoms with E-state index in [9.17, 15) is 0 Å². The van der Waals surface area contributed by atoms with Crippen molar-refractivity contribution in [2.24, 2.45) is 0 Å². The Bertz CT molecular complexity index is 887. The van der Waals surface area contributed by atoms with Crippen molar-refractivity contribution in [2.75, 3.05) is 0 Å². The van der Waals surface area contributed by atoms with Crippen molar-refractivity contribution in [3.63, 3.8) is 0 Å². The monoisotopic (exact) mass is 444 g/mol. The first-order valence-electron chi connectivity index (χ1n) is 8.34. The van der Waals surface area contributed by atoms with Gasteiger partial charge in [-0.2, -0.15) is 0 Å². The fourth-order valence-corrected chi connectivity index (χ4v) is 15.5. The molecule has 132 valence electrons. The normalized spacial score (nSPS) is 15.7. The fraction of sp³-hybridized carbons (Fsp3) is 0.200. The second-order valence-electron chi connectivity index (χ2n) is 6.91. The number of halogens is 3. The van der Waals surface area contributed by atoms with Gasteiger partial charge in [-0.15, -0.1) is 24.8 Å². The van der Waals surface area contributed by atoms with E-state index in [1.54, 1.807) is 0 Å². The Morgan fingerprint density at radius 2 is 1.52 bits per heavy atom. The van der Waals surface area contributed by atoms with Gasteiger partial charge in [0.2, 0.25) is 0 Å². The third kappa shape index (κ3) is 3.04. The standard InChI is InChI=1S/C13H9.C5H5.C2H5.3ClH.H2Si.Ti/c1-3-7-12-10(5-1)9-11-6-2-4-8-13(11)12;1-2-4-5-3-1;1-2;;;;;/h1-9H;1-3H,4H2;1H2,2H3;3*1H;1H2;/q;;;;;;;+1/p-1. The number of fused-ring (bicyclic) bond motifs is 3. The molecule has 0 N–H and O–H groups in total. The van der Waals surface area contributed by atoms with E-state index < -0.39 is 13.0 Å². The van der Waals surface area contributed by atoms with Crippen LogP contribution in [0.3, 0.4) is 0 Å². The van der Waals surface area contributed by atoms with E-state index in [1.807, 2.05) is 0 Å². The summed E-state index contributed by atoms with van der Waals surface area (Å²) in [6, 6.07) is 17.8. The molecule has 5 heteroatoms. The average Bonchev–Trinajstić information content (AvgIpc) is 3.22. The molecule has 2 aliphatic carbocycles. The molecule has 2 aromatic rings. The molecule has 0 unspecified atom stereocenters. The van der Waals surface area contributed by atoms with Crippen LogP contribution in [0.5, 0.6) is 0 Å². The fourth-order valence-electron chi connectivity index (χ4n) is 4.37. The molecule has 0 bridgehead atoms. The van der Waals surface area contributed by atoms with Gasteiger partial charge in [0.1, 0.15) is 0 Å². The van der Waals surface area contributed by atoms with Gasteiger partial charge in [-0.3, -0.25) is 0 Å². The van der Waals surface area contributed by atoms with Crippen LogP contribution in [-0.4, -0.2) is 7.63 Å². The van der Waals surface area contributed by atoms with Crippen molar-refractivity contribution < 1.29 is 13.0 Å². The largest absolute Gasteiger partial charge is 0.147 e. The van der Waals surface area contributed by atoms with Crippen LogP contribution in [0.2, 0.25) is 4.73 Å². The number of allylic oxidation sites excluding steroid dienone is 4. The van der Waals surface area contributed by atoms with Gasteiger partial charge >= 0.3 is 145 Å². The molecular formula is C20H23Cl3SiTi. The maximum absolute atomic E-state index is 7.74. The van der Waals surface area contributed by atoms with Crippen molar-refractivity contribution in [3.8, 4) is 11.1 Å². The summed E-state index contributed by atoms with van der Waals surface area (Å²) < 4.78 is 3.01. The Balaban J connectivity index is 0.00000113. The molecule has 0 nitrogen and oxygen atoms in total. The summed E-state index contributed by atoms with van der Waals surface area (Å²) in [5.74, 6) is 0. The zero-order valence-electron chi connectivity index (χ0n) is 14.2. The van der Waals surface area contributed by atoms with Gasteiger partial charge in [0.25, 0.3) is 0 Å². The Labute approximate surface area is 169 Å². The molecule has 0 radical (unpaired) electrons. The van der Waals surface area contributed by atoms with Gasteiger partial charge in [0, 0.05) is 0 Å². The molecular weight excluding hydrogens is 423 g/mol. The second-order valence-corrected chi connectivity index (χ2v) is 27.4. The van der Waals surface area contributed by atoms with Crippen molar-refractivity contribution in [2.45, 2.75) is 22.3 Å². The van der Waals surface area contributed by atoms with Crippen LogP contribution in [-0.2, 0) is 13.0 Å². The third-order valence-corrected chi connectivity index (χ3v) is 22.8. The molecule has 0 aliphatic heterocycles. The summed E-state index contributed by atoms with van der Waals surface area (Å²) >= 11 is -3.39. The first kappa shape index (κ1) is 21.0. The van der Waals surface area contributed by atoms with E-state index in [0.29, 0.717) is 4.22 Å². The predicted octanol–water partition coefficient (Wildman–Crippen LogP) is 6.27. The maximum Gasteiger partial charge on any atom is -0.147 e. The third-order valence-electron chi connectivity index (χ3n) is 5.79. The smallest absolute Gasteiger partial charge is 0.147 e. The van der Waals surface area contributed by atoms with Crippen LogP contribution in [0, 0.1) is 0 Å². The molecule has 4 rings (SSSR count). The molecule has 0 saturated carbocycles. The summed E-state index contributed by atoms with van der Waals surface area (Å²) in [4.78, 5) is 0. The minimum absolute atomic E-state index is 0. The van der Waals surface area contributed by atoms with Crippen LogP contribution >= 0.6 is 34.1 Å². The van der Waals surface area contributed by atoms with E-state index in [1.165, 1.54) is 26.1 Å². The van der Waals surface area contributed by atoms with Crippen molar-refractivity contribution in [1.82, 2.24) is 0 Å². The van der Waals surface area contributed by atoms with E-state index >= 15 is 0 Å². The summed E-state index contributed by atoms with van der Waals surface area (Å²) in [5.41, 5.74) is 5.67. The first-order valence-corrected chi connectivity index (χ1v) is 17.3. The minimum Gasteiger partial charge on any atom is -0.147 e. The van der Waals surface area contributed by atoms with Crippen molar-refractivity contribution >= 4 is 41.8 Å². The van der Waals surface area contributed by atoms with Gasteiger partial charge < -0.3 is 0 Å². The SMILES string of the molecule is C[CH2][Ti](=[SiH2])([Cl])([C]1=CC=CC1)[CH]1c2ccccc2-c2ccccc21.Cl.Cl. The molecule has 2 aliphatic rings. The molecule has 0 heterocycles. The molecule has 0 amide bonds. The molecule has 0 saturated heterocycles. The zero-order chi connectivity index (χ0) is 16.1. The van der Waals surface area contributed by atoms with Crippen LogP contribution in [0.25, 0.3) is 11.1 Å². The van der Waals surface area contributed by atoms with E-state index in [2.05, 4.69) is 81.3 Å². The molecule has 0 fully saturated rings. The minimum atomic E-state index is -3.39.